The Labute approximate surface area is 160 Å². The highest BCUT2D eigenvalue weighted by atomic mass is 32.2. The van der Waals surface area contributed by atoms with E-state index in [1.165, 1.54) is 11.0 Å². The molecule has 0 bridgehead atoms. The van der Waals surface area contributed by atoms with Gasteiger partial charge in [-0.2, -0.15) is 13.2 Å². The number of likely N-dealkylation sites (N-methyl/N-ethyl adjacent to an activating group) is 1. The van der Waals surface area contributed by atoms with Gasteiger partial charge >= 0.3 is 6.18 Å². The number of piperazine rings is 1. The molecule has 5 nitrogen and oxygen atoms in total. The van der Waals surface area contributed by atoms with Crippen molar-refractivity contribution in [2.24, 2.45) is 0 Å². The third-order valence-corrected chi connectivity index (χ3v) is 6.03. The van der Waals surface area contributed by atoms with Gasteiger partial charge in [0.1, 0.15) is 5.82 Å². The van der Waals surface area contributed by atoms with Crippen molar-refractivity contribution in [3.8, 4) is 0 Å². The van der Waals surface area contributed by atoms with E-state index in [-0.39, 0.29) is 10.6 Å². The molecule has 0 aliphatic carbocycles. The van der Waals surface area contributed by atoms with Crippen LogP contribution in [-0.2, 0) is 16.2 Å². The molecule has 152 valence electrons. The smallest absolute Gasteiger partial charge is 0.359 e. The first kappa shape index (κ1) is 20.4. The second-order valence-corrected chi connectivity index (χ2v) is 8.42. The summed E-state index contributed by atoms with van der Waals surface area (Å²) in [6, 6.07) is 7.09. The SMILES string of the molecule is C[NH+]1CCN(c2ccc(C(F)(F)F)cc2NS(=O)(=O)c2ccc(F)cc2)CC1. The van der Waals surface area contributed by atoms with Crippen LogP contribution in [0.25, 0.3) is 0 Å². The van der Waals surface area contributed by atoms with Crippen molar-refractivity contribution in [3.63, 3.8) is 0 Å². The molecule has 28 heavy (non-hydrogen) atoms. The molecule has 1 fully saturated rings. The van der Waals surface area contributed by atoms with Crippen molar-refractivity contribution < 1.29 is 30.9 Å². The number of anilines is 2. The molecule has 2 aromatic carbocycles. The summed E-state index contributed by atoms with van der Waals surface area (Å²) in [7, 11) is -2.16. The lowest BCUT2D eigenvalue weighted by Gasteiger charge is -2.33. The van der Waals surface area contributed by atoms with E-state index in [0.717, 1.165) is 49.5 Å². The molecular formula is C18H20F4N3O2S+. The van der Waals surface area contributed by atoms with Gasteiger partial charge in [-0.25, -0.2) is 12.8 Å². The molecule has 0 amide bonds. The Kier molecular flexibility index (Phi) is 5.53. The zero-order valence-corrected chi connectivity index (χ0v) is 15.9. The first-order valence-electron chi connectivity index (χ1n) is 8.62. The van der Waals surface area contributed by atoms with Crippen LogP contribution in [0, 0.1) is 5.82 Å². The summed E-state index contributed by atoms with van der Waals surface area (Å²) >= 11 is 0. The molecule has 3 rings (SSSR count). The summed E-state index contributed by atoms with van der Waals surface area (Å²) in [6.45, 7) is 2.74. The maximum Gasteiger partial charge on any atom is 0.416 e. The lowest BCUT2D eigenvalue weighted by Crippen LogP contribution is -3.12. The minimum atomic E-state index is -4.61. The van der Waals surface area contributed by atoms with E-state index in [4.69, 9.17) is 0 Å². The van der Waals surface area contributed by atoms with Crippen LogP contribution in [-0.4, -0.2) is 41.6 Å². The molecule has 0 aromatic heterocycles. The number of sulfonamides is 1. The number of quaternary nitrogens is 1. The number of rotatable bonds is 4. The first-order chi connectivity index (χ1) is 13.1. The van der Waals surface area contributed by atoms with Gasteiger partial charge in [0.2, 0.25) is 0 Å². The lowest BCUT2D eigenvalue weighted by atomic mass is 10.1. The van der Waals surface area contributed by atoms with Crippen molar-refractivity contribution in [1.82, 2.24) is 0 Å². The van der Waals surface area contributed by atoms with Crippen LogP contribution in [0.3, 0.4) is 0 Å². The Morgan fingerprint density at radius 3 is 2.21 bits per heavy atom. The number of hydrogen-bond donors (Lipinski definition) is 2. The summed E-state index contributed by atoms with van der Waals surface area (Å²) < 4.78 is 80.0. The topological polar surface area (TPSA) is 53.9 Å². The van der Waals surface area contributed by atoms with Crippen molar-refractivity contribution in [2.45, 2.75) is 11.1 Å². The quantitative estimate of drug-likeness (QED) is 0.747. The van der Waals surface area contributed by atoms with E-state index < -0.39 is 27.6 Å². The fourth-order valence-corrected chi connectivity index (χ4v) is 4.08. The van der Waals surface area contributed by atoms with Gasteiger partial charge in [-0.15, -0.1) is 0 Å². The Hall–Kier alpha value is -2.33. The zero-order chi connectivity index (χ0) is 20.5. The van der Waals surface area contributed by atoms with Crippen LogP contribution in [0.4, 0.5) is 28.9 Å². The minimum Gasteiger partial charge on any atom is -0.359 e. The number of hydrogen-bond acceptors (Lipinski definition) is 3. The molecule has 0 atom stereocenters. The largest absolute Gasteiger partial charge is 0.416 e. The Balaban J connectivity index is 1.99. The third kappa shape index (κ3) is 4.56. The zero-order valence-electron chi connectivity index (χ0n) is 15.1. The number of halogens is 4. The first-order valence-corrected chi connectivity index (χ1v) is 10.1. The van der Waals surface area contributed by atoms with Gasteiger partial charge in [-0.3, -0.25) is 4.72 Å². The maximum absolute atomic E-state index is 13.2. The van der Waals surface area contributed by atoms with Gasteiger partial charge in [0, 0.05) is 0 Å². The summed E-state index contributed by atoms with van der Waals surface area (Å²) in [6.07, 6.45) is -4.61. The average Bonchev–Trinajstić information content (AvgIpc) is 2.62. The van der Waals surface area contributed by atoms with Gasteiger partial charge in [-0.1, -0.05) is 0 Å². The monoisotopic (exact) mass is 418 g/mol. The van der Waals surface area contributed by atoms with Crippen molar-refractivity contribution in [1.29, 1.82) is 0 Å². The van der Waals surface area contributed by atoms with Crippen LogP contribution in [0.2, 0.25) is 0 Å². The highest BCUT2D eigenvalue weighted by Crippen LogP contribution is 2.36. The fraction of sp³-hybridized carbons (Fsp3) is 0.333. The Morgan fingerprint density at radius 1 is 1.04 bits per heavy atom. The molecule has 2 aromatic rings. The van der Waals surface area contributed by atoms with Gasteiger partial charge < -0.3 is 9.80 Å². The van der Waals surface area contributed by atoms with E-state index in [1.807, 2.05) is 11.9 Å². The van der Waals surface area contributed by atoms with Gasteiger partial charge in [0.05, 0.1) is 55.1 Å². The van der Waals surface area contributed by atoms with Gasteiger partial charge in [0.15, 0.2) is 0 Å². The maximum atomic E-state index is 13.2. The molecule has 0 spiro atoms. The van der Waals surface area contributed by atoms with Crippen LogP contribution >= 0.6 is 0 Å². The van der Waals surface area contributed by atoms with Crippen molar-refractivity contribution >= 4 is 21.4 Å². The summed E-state index contributed by atoms with van der Waals surface area (Å²) in [5.41, 5.74) is -0.724. The number of nitrogens with one attached hydrogen (secondary N) is 2. The molecule has 0 saturated carbocycles. The predicted molar refractivity (Wildman–Crippen MR) is 97.5 cm³/mol. The normalized spacial score (nSPS) is 16.2. The molecule has 0 unspecified atom stereocenters. The van der Waals surface area contributed by atoms with Crippen LogP contribution in [0.5, 0.6) is 0 Å². The molecule has 1 aliphatic rings. The molecule has 10 heteroatoms. The highest BCUT2D eigenvalue weighted by molar-refractivity contribution is 7.92. The van der Waals surface area contributed by atoms with E-state index >= 15 is 0 Å². The predicted octanol–water partition coefficient (Wildman–Crippen LogP) is 1.98. The van der Waals surface area contributed by atoms with E-state index in [1.54, 1.807) is 0 Å². The van der Waals surface area contributed by atoms with Crippen LogP contribution in [0.1, 0.15) is 5.56 Å². The van der Waals surface area contributed by atoms with E-state index in [9.17, 15) is 26.0 Å². The second kappa shape index (κ2) is 7.59. The number of benzene rings is 2. The van der Waals surface area contributed by atoms with E-state index in [0.29, 0.717) is 18.8 Å². The van der Waals surface area contributed by atoms with E-state index in [2.05, 4.69) is 4.72 Å². The third-order valence-electron chi connectivity index (χ3n) is 4.65. The number of alkyl halides is 3. The molecule has 0 radical (unpaired) electrons. The fourth-order valence-electron chi connectivity index (χ4n) is 3.02. The molecule has 2 N–H and O–H groups in total. The van der Waals surface area contributed by atoms with Crippen molar-refractivity contribution in [2.75, 3.05) is 42.8 Å². The second-order valence-electron chi connectivity index (χ2n) is 6.73. The van der Waals surface area contributed by atoms with Crippen molar-refractivity contribution in [3.05, 3.63) is 53.8 Å². The average molecular weight is 418 g/mol. The molecular weight excluding hydrogens is 398 g/mol. The number of nitrogens with zero attached hydrogens (tertiary/aromatic N) is 1. The summed E-state index contributed by atoms with van der Waals surface area (Å²) in [5.74, 6) is -0.612. The molecule has 1 heterocycles. The Morgan fingerprint density at radius 2 is 1.64 bits per heavy atom. The minimum absolute atomic E-state index is 0.154. The lowest BCUT2D eigenvalue weighted by molar-refractivity contribution is -0.880. The molecule has 1 saturated heterocycles. The van der Waals surface area contributed by atoms with Gasteiger partial charge in [-0.05, 0) is 42.5 Å². The highest BCUT2D eigenvalue weighted by Gasteiger charge is 2.32. The standard InChI is InChI=1S/C18H19F4N3O2S/c1-24-8-10-25(11-9-24)17-7-2-13(18(20,21)22)12-16(17)23-28(26,27)15-5-3-14(19)4-6-15/h2-7,12,23H,8-11H2,1H3/p+1. The molecule has 1 aliphatic heterocycles. The summed E-state index contributed by atoms with van der Waals surface area (Å²) in [4.78, 5) is 2.91. The van der Waals surface area contributed by atoms with Gasteiger partial charge in [0.25, 0.3) is 10.0 Å². The summed E-state index contributed by atoms with van der Waals surface area (Å²) in [5, 5.41) is 0. The van der Waals surface area contributed by atoms with Crippen LogP contribution < -0.4 is 14.5 Å². The Bertz CT molecular complexity index is 938. The van der Waals surface area contributed by atoms with Crippen LogP contribution in [0.15, 0.2) is 47.4 Å².